The predicted octanol–water partition coefficient (Wildman–Crippen LogP) is 2.92. The van der Waals surface area contributed by atoms with Crippen LogP contribution < -0.4 is 5.32 Å². The van der Waals surface area contributed by atoms with Gasteiger partial charge in [0.1, 0.15) is 5.82 Å². The molecule has 1 N–H and O–H groups in total. The molecule has 2 aromatic carbocycles. The Morgan fingerprint density at radius 2 is 1.96 bits per heavy atom. The first kappa shape index (κ1) is 17.3. The molecule has 1 saturated heterocycles. The summed E-state index contributed by atoms with van der Waals surface area (Å²) < 4.78 is 1.98. The fourth-order valence-corrected chi connectivity index (χ4v) is 3.74. The van der Waals surface area contributed by atoms with Crippen LogP contribution in [-0.2, 0) is 16.6 Å². The summed E-state index contributed by atoms with van der Waals surface area (Å²) in [6.45, 7) is 1.12. The van der Waals surface area contributed by atoms with Crippen LogP contribution >= 0.6 is 0 Å². The first-order chi connectivity index (χ1) is 13.1. The van der Waals surface area contributed by atoms with Crippen molar-refractivity contribution in [3.8, 4) is 0 Å². The van der Waals surface area contributed by atoms with Gasteiger partial charge in [-0.1, -0.05) is 30.3 Å². The van der Waals surface area contributed by atoms with Gasteiger partial charge in [-0.15, -0.1) is 0 Å². The number of carbonyl (C=O) groups is 2. The lowest BCUT2D eigenvalue weighted by atomic mass is 9.97. The molecule has 1 atom stereocenters. The number of nitrogens with zero attached hydrogens (tertiary/aromatic N) is 3. The molecular weight excluding hydrogens is 340 g/mol. The van der Waals surface area contributed by atoms with Crippen molar-refractivity contribution >= 4 is 28.3 Å². The molecule has 1 unspecified atom stereocenters. The van der Waals surface area contributed by atoms with Gasteiger partial charge in [0.15, 0.2) is 0 Å². The maximum atomic E-state index is 12.7. The zero-order chi connectivity index (χ0) is 18.8. The van der Waals surface area contributed by atoms with E-state index in [2.05, 4.69) is 10.3 Å². The van der Waals surface area contributed by atoms with Gasteiger partial charge in [-0.3, -0.25) is 9.59 Å². The smallest absolute Gasteiger partial charge is 0.313 e. The van der Waals surface area contributed by atoms with Gasteiger partial charge in [-0.2, -0.15) is 0 Å². The van der Waals surface area contributed by atoms with Crippen molar-refractivity contribution in [1.82, 2.24) is 14.5 Å². The fraction of sp³-hybridized carbons (Fsp3) is 0.286. The Kier molecular flexibility index (Phi) is 4.62. The van der Waals surface area contributed by atoms with E-state index in [1.165, 1.54) is 0 Å². The Morgan fingerprint density at radius 1 is 1.15 bits per heavy atom. The molecule has 3 aromatic rings. The van der Waals surface area contributed by atoms with Crippen LogP contribution in [0.4, 0.5) is 5.69 Å². The lowest BCUT2D eigenvalue weighted by Gasteiger charge is -2.32. The van der Waals surface area contributed by atoms with E-state index in [0.29, 0.717) is 18.8 Å². The van der Waals surface area contributed by atoms with Crippen LogP contribution in [0.15, 0.2) is 54.9 Å². The molecule has 1 aliphatic heterocycles. The Balaban J connectivity index is 1.45. The number of imidazole rings is 1. The van der Waals surface area contributed by atoms with Crippen LogP contribution in [-0.4, -0.2) is 39.4 Å². The normalized spacial score (nSPS) is 17.1. The van der Waals surface area contributed by atoms with Gasteiger partial charge in [0.05, 0.1) is 0 Å². The molecule has 1 aliphatic rings. The summed E-state index contributed by atoms with van der Waals surface area (Å²) in [5, 5.41) is 4.86. The molecule has 0 bridgehead atoms. The molecule has 0 radical (unpaired) electrons. The number of likely N-dealkylation sites (tertiary alicyclic amines) is 1. The molecule has 0 aliphatic carbocycles. The first-order valence-corrected chi connectivity index (χ1v) is 9.18. The topological polar surface area (TPSA) is 67.2 Å². The van der Waals surface area contributed by atoms with E-state index >= 15 is 0 Å². The minimum absolute atomic E-state index is 0.163. The molecule has 2 amide bonds. The number of nitrogens with one attached hydrogen (secondary N) is 1. The number of hydrogen-bond donors (Lipinski definition) is 1. The Morgan fingerprint density at radius 3 is 2.74 bits per heavy atom. The fourth-order valence-electron chi connectivity index (χ4n) is 3.74. The zero-order valence-electron chi connectivity index (χ0n) is 15.3. The third kappa shape index (κ3) is 3.56. The van der Waals surface area contributed by atoms with Crippen LogP contribution in [0.25, 0.3) is 10.8 Å². The van der Waals surface area contributed by atoms with Gasteiger partial charge in [0.25, 0.3) is 0 Å². The maximum absolute atomic E-state index is 12.7. The van der Waals surface area contributed by atoms with E-state index in [1.807, 2.05) is 60.3 Å². The monoisotopic (exact) mass is 362 g/mol. The average molecular weight is 362 g/mol. The molecule has 2 heterocycles. The highest BCUT2D eigenvalue weighted by atomic mass is 16.2. The molecule has 4 rings (SSSR count). The number of hydrogen-bond acceptors (Lipinski definition) is 3. The quantitative estimate of drug-likeness (QED) is 0.713. The summed E-state index contributed by atoms with van der Waals surface area (Å²) in [6, 6.07) is 13.6. The second-order valence-electron chi connectivity index (χ2n) is 7.00. The van der Waals surface area contributed by atoms with Crippen LogP contribution in [0.3, 0.4) is 0 Å². The number of carbonyl (C=O) groups excluding carboxylic acids is 2. The summed E-state index contributed by atoms with van der Waals surface area (Å²) in [6.07, 6.45) is 5.51. The van der Waals surface area contributed by atoms with Crippen molar-refractivity contribution < 1.29 is 9.59 Å². The lowest BCUT2D eigenvalue weighted by Crippen LogP contribution is -2.45. The number of piperidine rings is 1. The van der Waals surface area contributed by atoms with E-state index in [0.717, 1.165) is 29.4 Å². The average Bonchev–Trinajstić information content (AvgIpc) is 3.13. The number of fused-ring (bicyclic) bond motifs is 1. The summed E-state index contributed by atoms with van der Waals surface area (Å²) in [5.41, 5.74) is 0.629. The summed E-state index contributed by atoms with van der Waals surface area (Å²) in [4.78, 5) is 31.2. The Hall–Kier alpha value is -3.15. The van der Waals surface area contributed by atoms with Crippen molar-refractivity contribution in [2.24, 2.45) is 7.05 Å². The van der Waals surface area contributed by atoms with Gasteiger partial charge in [0, 0.05) is 44.1 Å². The second-order valence-corrected chi connectivity index (χ2v) is 7.00. The molecule has 6 nitrogen and oxygen atoms in total. The number of amides is 2. The number of aryl methyl sites for hydroxylation is 1. The second kappa shape index (κ2) is 7.23. The lowest BCUT2D eigenvalue weighted by molar-refractivity contribution is -0.144. The molecular formula is C21H22N4O2. The van der Waals surface area contributed by atoms with E-state index in [9.17, 15) is 9.59 Å². The number of anilines is 1. The van der Waals surface area contributed by atoms with Gasteiger partial charge < -0.3 is 14.8 Å². The highest BCUT2D eigenvalue weighted by Crippen LogP contribution is 2.26. The van der Waals surface area contributed by atoms with E-state index in [-0.39, 0.29) is 5.92 Å². The van der Waals surface area contributed by atoms with Gasteiger partial charge >= 0.3 is 11.8 Å². The third-order valence-electron chi connectivity index (χ3n) is 5.13. The highest BCUT2D eigenvalue weighted by Gasteiger charge is 2.30. The molecule has 1 aromatic heterocycles. The van der Waals surface area contributed by atoms with Gasteiger partial charge in [0.2, 0.25) is 0 Å². The molecule has 6 heteroatoms. The number of benzene rings is 2. The third-order valence-corrected chi connectivity index (χ3v) is 5.13. The number of aromatic nitrogens is 2. The van der Waals surface area contributed by atoms with E-state index < -0.39 is 11.8 Å². The van der Waals surface area contributed by atoms with Gasteiger partial charge in [-0.25, -0.2) is 4.98 Å². The first-order valence-electron chi connectivity index (χ1n) is 9.18. The van der Waals surface area contributed by atoms with Crippen molar-refractivity contribution in [2.45, 2.75) is 18.8 Å². The van der Waals surface area contributed by atoms with Crippen LogP contribution in [0, 0.1) is 0 Å². The summed E-state index contributed by atoms with van der Waals surface area (Å²) in [7, 11) is 1.95. The molecule has 27 heavy (non-hydrogen) atoms. The number of rotatable bonds is 2. The molecule has 0 saturated carbocycles. The zero-order valence-corrected chi connectivity index (χ0v) is 15.3. The Labute approximate surface area is 157 Å². The minimum atomic E-state index is -0.592. The largest absolute Gasteiger partial charge is 0.338 e. The van der Waals surface area contributed by atoms with Crippen molar-refractivity contribution in [3.05, 3.63) is 60.7 Å². The van der Waals surface area contributed by atoms with Crippen LogP contribution in [0.2, 0.25) is 0 Å². The Bertz CT molecular complexity index is 995. The van der Waals surface area contributed by atoms with Crippen molar-refractivity contribution in [3.63, 3.8) is 0 Å². The van der Waals surface area contributed by atoms with Gasteiger partial charge in [-0.05, 0) is 35.7 Å². The SMILES string of the molecule is Cn1ccnc1C1CCCN(C(=O)C(=O)Nc2ccc3ccccc3c2)C1. The minimum Gasteiger partial charge on any atom is -0.338 e. The van der Waals surface area contributed by atoms with Crippen LogP contribution in [0.5, 0.6) is 0 Å². The molecule has 1 fully saturated rings. The molecule has 0 spiro atoms. The van der Waals surface area contributed by atoms with Crippen molar-refractivity contribution in [2.75, 3.05) is 18.4 Å². The standard InChI is InChI=1S/C21H22N4O2/c1-24-12-10-22-19(24)17-7-4-11-25(14-17)21(27)20(26)23-18-9-8-15-5-2-3-6-16(15)13-18/h2-3,5-6,8-10,12-13,17H,4,7,11,14H2,1H3,(H,23,26). The summed E-state index contributed by atoms with van der Waals surface area (Å²) >= 11 is 0. The maximum Gasteiger partial charge on any atom is 0.313 e. The van der Waals surface area contributed by atoms with Crippen LogP contribution in [0.1, 0.15) is 24.6 Å². The van der Waals surface area contributed by atoms with Crippen molar-refractivity contribution in [1.29, 1.82) is 0 Å². The van der Waals surface area contributed by atoms with E-state index in [4.69, 9.17) is 0 Å². The molecule has 138 valence electrons. The van der Waals surface area contributed by atoms with E-state index in [1.54, 1.807) is 11.1 Å². The highest BCUT2D eigenvalue weighted by molar-refractivity contribution is 6.39. The predicted molar refractivity (Wildman–Crippen MR) is 104 cm³/mol. The summed E-state index contributed by atoms with van der Waals surface area (Å²) in [5.74, 6) is 0.0476.